The van der Waals surface area contributed by atoms with E-state index in [1.54, 1.807) is 30.3 Å². The van der Waals surface area contributed by atoms with Gasteiger partial charge in [-0.1, -0.05) is 36.4 Å². The molecule has 0 spiro atoms. The van der Waals surface area contributed by atoms with Crippen LogP contribution in [0.5, 0.6) is 28.7 Å². The number of hydrogen-bond acceptors (Lipinski definition) is 8. The summed E-state index contributed by atoms with van der Waals surface area (Å²) in [6, 6.07) is 14.7. The fraction of sp³-hybridized carbons (Fsp3) is 0.345. The van der Waals surface area contributed by atoms with Crippen molar-refractivity contribution in [1.82, 2.24) is 0 Å². The van der Waals surface area contributed by atoms with Gasteiger partial charge in [0.2, 0.25) is 0 Å². The van der Waals surface area contributed by atoms with E-state index in [1.807, 2.05) is 0 Å². The molecule has 1 unspecified atom stereocenters. The zero-order valence-electron chi connectivity index (χ0n) is 22.5. The van der Waals surface area contributed by atoms with E-state index in [9.17, 15) is 18.0 Å². The number of hydrogen-bond donors (Lipinski definition) is 0. The van der Waals surface area contributed by atoms with Crippen molar-refractivity contribution in [3.05, 3.63) is 77.4 Å². The Kier molecular flexibility index (Phi) is 8.34. The Morgan fingerprint density at radius 2 is 1.50 bits per heavy atom. The molecule has 40 heavy (non-hydrogen) atoms. The van der Waals surface area contributed by atoms with Crippen LogP contribution < -0.4 is 23.7 Å². The van der Waals surface area contributed by atoms with E-state index in [-0.39, 0.29) is 6.42 Å². The van der Waals surface area contributed by atoms with Crippen molar-refractivity contribution in [2.24, 2.45) is 0 Å². The molecular weight excluding hydrogens is 533 g/mol. The normalized spacial score (nSPS) is 18.0. The maximum Gasteiger partial charge on any atom is 0.432 e. The van der Waals surface area contributed by atoms with E-state index in [4.69, 9.17) is 33.2 Å². The number of carbonyl (C=O) groups excluding carboxylic acids is 1. The maximum absolute atomic E-state index is 14.6. The second kappa shape index (κ2) is 11.5. The molecular formula is C29H29F3O8. The summed E-state index contributed by atoms with van der Waals surface area (Å²) in [5.41, 5.74) is -2.83. The highest BCUT2D eigenvalue weighted by Gasteiger charge is 2.64. The highest BCUT2D eigenvalue weighted by atomic mass is 19.4. The molecule has 0 aromatic heterocycles. The molecule has 0 radical (unpaired) electrons. The first-order valence-electron chi connectivity index (χ1n) is 12.1. The first kappa shape index (κ1) is 28.9. The number of alkyl halides is 3. The van der Waals surface area contributed by atoms with Gasteiger partial charge in [0.1, 0.15) is 23.4 Å². The van der Waals surface area contributed by atoms with E-state index < -0.39 is 35.5 Å². The molecule has 8 nitrogen and oxygen atoms in total. The van der Waals surface area contributed by atoms with Crippen LogP contribution in [-0.2, 0) is 26.3 Å². The summed E-state index contributed by atoms with van der Waals surface area (Å²) >= 11 is 0. The Morgan fingerprint density at radius 3 is 2.08 bits per heavy atom. The van der Waals surface area contributed by atoms with Gasteiger partial charge in [-0.25, -0.2) is 4.79 Å². The molecule has 1 aliphatic heterocycles. The predicted molar refractivity (Wildman–Crippen MR) is 137 cm³/mol. The molecule has 214 valence electrons. The Labute approximate surface area is 229 Å². The number of methoxy groups -OCH3 is 5. The molecule has 3 atom stereocenters. The Hall–Kier alpha value is -4.12. The van der Waals surface area contributed by atoms with Gasteiger partial charge in [-0.3, -0.25) is 0 Å². The molecule has 0 amide bonds. The predicted octanol–water partition coefficient (Wildman–Crippen LogP) is 5.41. The monoisotopic (exact) mass is 562 g/mol. The minimum atomic E-state index is -5.14. The van der Waals surface area contributed by atoms with Gasteiger partial charge in [0.05, 0.1) is 28.4 Å². The van der Waals surface area contributed by atoms with E-state index in [2.05, 4.69) is 0 Å². The molecule has 0 saturated heterocycles. The molecule has 0 aliphatic carbocycles. The molecule has 3 aromatic rings. The summed E-state index contributed by atoms with van der Waals surface area (Å²) < 4.78 is 82.2. The SMILES string of the molecule is COc1cc(OC)c2c(c1)O[C@H](c1ccc(OC)c(OC)c1)[C@H](OC(=O)C(OC)(c1ccccc1)C(F)(F)F)C2. The molecule has 4 rings (SSSR count). The number of fused-ring (bicyclic) bond motifs is 1. The van der Waals surface area contributed by atoms with Crippen LogP contribution >= 0.6 is 0 Å². The summed E-state index contributed by atoms with van der Waals surface area (Å²) in [7, 11) is 6.65. The fourth-order valence-corrected chi connectivity index (χ4v) is 4.75. The van der Waals surface area contributed by atoms with Crippen LogP contribution in [0.25, 0.3) is 0 Å². The molecule has 1 aliphatic rings. The molecule has 0 bridgehead atoms. The van der Waals surface area contributed by atoms with Gasteiger partial charge in [0.15, 0.2) is 17.6 Å². The molecule has 3 aromatic carbocycles. The quantitative estimate of drug-likeness (QED) is 0.320. The first-order valence-corrected chi connectivity index (χ1v) is 12.1. The molecule has 0 saturated carbocycles. The lowest BCUT2D eigenvalue weighted by Crippen LogP contribution is -2.53. The van der Waals surface area contributed by atoms with E-state index >= 15 is 0 Å². The second-order valence-corrected chi connectivity index (χ2v) is 8.86. The van der Waals surface area contributed by atoms with Crippen LogP contribution in [0.4, 0.5) is 13.2 Å². The maximum atomic E-state index is 14.6. The highest BCUT2D eigenvalue weighted by Crippen LogP contribution is 2.47. The van der Waals surface area contributed by atoms with Gasteiger partial charge in [-0.2, -0.15) is 13.2 Å². The van der Waals surface area contributed by atoms with Crippen molar-refractivity contribution in [1.29, 1.82) is 0 Å². The van der Waals surface area contributed by atoms with Gasteiger partial charge in [0, 0.05) is 42.4 Å². The van der Waals surface area contributed by atoms with Crippen LogP contribution in [0.1, 0.15) is 22.8 Å². The fourth-order valence-electron chi connectivity index (χ4n) is 4.75. The summed E-state index contributed by atoms with van der Waals surface area (Å²) in [4.78, 5) is 13.6. The summed E-state index contributed by atoms with van der Waals surface area (Å²) in [6.07, 6.45) is -7.43. The minimum Gasteiger partial charge on any atom is -0.496 e. The zero-order valence-corrected chi connectivity index (χ0v) is 22.5. The number of esters is 1. The number of ether oxygens (including phenoxy) is 7. The van der Waals surface area contributed by atoms with Crippen molar-refractivity contribution in [2.75, 3.05) is 35.5 Å². The van der Waals surface area contributed by atoms with Gasteiger partial charge in [0.25, 0.3) is 5.60 Å². The standard InChI is InChI=1S/C29H29F3O8/c1-34-19-14-22(36-3)20-16-25(26(39-23(20)15-19)17-11-12-21(35-2)24(13-17)37-4)40-27(33)28(38-5,29(30,31)32)18-9-7-6-8-10-18/h6-15,25-26H,16H2,1-5H3/t25-,26-,28?/m1/s1. The second-order valence-electron chi connectivity index (χ2n) is 8.86. The lowest BCUT2D eigenvalue weighted by atomic mass is 9.91. The first-order chi connectivity index (χ1) is 19.1. The average Bonchev–Trinajstić information content (AvgIpc) is 2.96. The van der Waals surface area contributed by atoms with Gasteiger partial charge in [-0.05, 0) is 12.1 Å². The third-order valence-corrected chi connectivity index (χ3v) is 6.76. The smallest absolute Gasteiger partial charge is 0.432 e. The lowest BCUT2D eigenvalue weighted by Gasteiger charge is -2.38. The van der Waals surface area contributed by atoms with Crippen LogP contribution in [0.3, 0.4) is 0 Å². The van der Waals surface area contributed by atoms with Gasteiger partial charge >= 0.3 is 12.1 Å². The van der Waals surface area contributed by atoms with Crippen LogP contribution in [0, 0.1) is 0 Å². The van der Waals surface area contributed by atoms with E-state index in [1.165, 1.54) is 46.6 Å². The summed E-state index contributed by atoms with van der Waals surface area (Å²) in [5, 5.41) is 0. The van der Waals surface area contributed by atoms with Gasteiger partial charge in [-0.15, -0.1) is 0 Å². The highest BCUT2D eigenvalue weighted by molar-refractivity contribution is 5.83. The van der Waals surface area contributed by atoms with Crippen molar-refractivity contribution >= 4 is 5.97 Å². The number of halogens is 3. The molecule has 0 N–H and O–H groups in total. The van der Waals surface area contributed by atoms with Crippen molar-refractivity contribution in [3.63, 3.8) is 0 Å². The van der Waals surface area contributed by atoms with Crippen molar-refractivity contribution in [2.45, 2.75) is 30.4 Å². The number of carbonyl (C=O) groups is 1. The third-order valence-electron chi connectivity index (χ3n) is 6.76. The minimum absolute atomic E-state index is 0.0281. The molecule has 11 heteroatoms. The summed E-state index contributed by atoms with van der Waals surface area (Å²) in [5.74, 6) is 0.311. The largest absolute Gasteiger partial charge is 0.496 e. The topological polar surface area (TPSA) is 81.7 Å². The number of benzene rings is 3. The van der Waals surface area contributed by atoms with E-state index in [0.717, 1.165) is 19.2 Å². The van der Waals surface area contributed by atoms with Gasteiger partial charge < -0.3 is 33.2 Å². The average molecular weight is 563 g/mol. The third kappa shape index (κ3) is 5.08. The zero-order chi connectivity index (χ0) is 29.1. The molecule has 0 fully saturated rings. The van der Waals surface area contributed by atoms with Crippen LogP contribution in [0.2, 0.25) is 0 Å². The van der Waals surface area contributed by atoms with E-state index in [0.29, 0.717) is 39.9 Å². The summed E-state index contributed by atoms with van der Waals surface area (Å²) in [6.45, 7) is 0. The van der Waals surface area contributed by atoms with Crippen molar-refractivity contribution < 1.29 is 51.1 Å². The lowest BCUT2D eigenvalue weighted by molar-refractivity contribution is -0.279. The Morgan fingerprint density at radius 1 is 0.825 bits per heavy atom. The van der Waals surface area contributed by atoms with Crippen LogP contribution in [0.15, 0.2) is 60.7 Å². The Balaban J connectivity index is 1.83. The van der Waals surface area contributed by atoms with Crippen molar-refractivity contribution in [3.8, 4) is 28.7 Å². The van der Waals surface area contributed by atoms with Crippen LogP contribution in [-0.4, -0.2) is 53.8 Å². The Bertz CT molecular complexity index is 1350. The number of rotatable bonds is 9. The molecule has 1 heterocycles.